The summed E-state index contributed by atoms with van der Waals surface area (Å²) in [6, 6.07) is 6.25. The third kappa shape index (κ3) is 4.22. The Balaban J connectivity index is 1.98. The first-order valence-corrected chi connectivity index (χ1v) is 7.78. The Hall–Kier alpha value is -1.06. The molecule has 0 aliphatic heterocycles. The molecule has 0 spiro atoms. The summed E-state index contributed by atoms with van der Waals surface area (Å²) in [6.45, 7) is 6.51. The lowest BCUT2D eigenvalue weighted by Gasteiger charge is -2.23. The van der Waals surface area contributed by atoms with Crippen LogP contribution in [0.4, 0.5) is 0 Å². The molecule has 2 N–H and O–H groups in total. The fourth-order valence-corrected chi connectivity index (χ4v) is 2.78. The molecule has 0 saturated heterocycles. The van der Waals surface area contributed by atoms with E-state index < -0.39 is 5.60 Å². The van der Waals surface area contributed by atoms with Crippen LogP contribution in [0, 0.1) is 6.92 Å². The van der Waals surface area contributed by atoms with Gasteiger partial charge in [-0.2, -0.15) is 0 Å². The SMILES string of the molecule is CCCNCc1cc(C)ccc1OCC1(O)CCCC1. The second kappa shape index (κ2) is 7.09. The maximum absolute atomic E-state index is 10.4. The van der Waals surface area contributed by atoms with Gasteiger partial charge in [0.1, 0.15) is 12.4 Å². The number of aryl methyl sites for hydroxylation is 1. The van der Waals surface area contributed by atoms with E-state index >= 15 is 0 Å². The monoisotopic (exact) mass is 277 g/mol. The van der Waals surface area contributed by atoms with E-state index in [0.29, 0.717) is 6.61 Å². The second-order valence-corrected chi connectivity index (χ2v) is 6.01. The van der Waals surface area contributed by atoms with Crippen molar-refractivity contribution in [3.8, 4) is 5.75 Å². The van der Waals surface area contributed by atoms with Gasteiger partial charge in [-0.1, -0.05) is 37.5 Å². The summed E-state index contributed by atoms with van der Waals surface area (Å²) in [7, 11) is 0. The van der Waals surface area contributed by atoms with Crippen LogP contribution >= 0.6 is 0 Å². The Morgan fingerprint density at radius 1 is 1.30 bits per heavy atom. The Bertz CT molecular complexity index is 425. The topological polar surface area (TPSA) is 41.5 Å². The predicted molar refractivity (Wildman–Crippen MR) is 82.1 cm³/mol. The van der Waals surface area contributed by atoms with E-state index in [4.69, 9.17) is 4.74 Å². The van der Waals surface area contributed by atoms with Crippen molar-refractivity contribution in [2.75, 3.05) is 13.2 Å². The highest BCUT2D eigenvalue weighted by atomic mass is 16.5. The van der Waals surface area contributed by atoms with E-state index in [2.05, 4.69) is 31.3 Å². The molecular formula is C17H27NO2. The third-order valence-electron chi connectivity index (χ3n) is 3.99. The molecule has 0 amide bonds. The molecule has 0 heterocycles. The van der Waals surface area contributed by atoms with Crippen molar-refractivity contribution in [3.63, 3.8) is 0 Å². The van der Waals surface area contributed by atoms with Crippen LogP contribution in [-0.2, 0) is 6.54 Å². The van der Waals surface area contributed by atoms with Crippen LogP contribution in [0.3, 0.4) is 0 Å². The zero-order valence-electron chi connectivity index (χ0n) is 12.7. The molecule has 1 fully saturated rings. The average Bonchev–Trinajstić information content (AvgIpc) is 2.85. The lowest BCUT2D eigenvalue weighted by Crippen LogP contribution is -2.32. The first-order valence-electron chi connectivity index (χ1n) is 7.78. The molecule has 1 aliphatic carbocycles. The maximum atomic E-state index is 10.4. The zero-order chi connectivity index (χ0) is 14.4. The van der Waals surface area contributed by atoms with E-state index in [9.17, 15) is 5.11 Å². The molecule has 0 unspecified atom stereocenters. The smallest absolute Gasteiger partial charge is 0.123 e. The fraction of sp³-hybridized carbons (Fsp3) is 0.647. The molecule has 2 rings (SSSR count). The molecule has 3 heteroatoms. The number of nitrogens with one attached hydrogen (secondary N) is 1. The quantitative estimate of drug-likeness (QED) is 0.752. The van der Waals surface area contributed by atoms with Crippen molar-refractivity contribution in [2.24, 2.45) is 0 Å². The van der Waals surface area contributed by atoms with Gasteiger partial charge >= 0.3 is 0 Å². The zero-order valence-corrected chi connectivity index (χ0v) is 12.7. The Morgan fingerprint density at radius 3 is 2.75 bits per heavy atom. The molecule has 20 heavy (non-hydrogen) atoms. The molecule has 1 aliphatic rings. The largest absolute Gasteiger partial charge is 0.490 e. The van der Waals surface area contributed by atoms with Gasteiger partial charge in [0.25, 0.3) is 0 Å². The van der Waals surface area contributed by atoms with E-state index in [1.807, 2.05) is 6.07 Å². The number of hydrogen-bond donors (Lipinski definition) is 2. The summed E-state index contributed by atoms with van der Waals surface area (Å²) in [5, 5.41) is 13.8. The minimum Gasteiger partial charge on any atom is -0.490 e. The lowest BCUT2D eigenvalue weighted by molar-refractivity contribution is 0.00111. The highest BCUT2D eigenvalue weighted by molar-refractivity contribution is 5.37. The fourth-order valence-electron chi connectivity index (χ4n) is 2.78. The molecule has 0 radical (unpaired) electrons. The highest BCUT2D eigenvalue weighted by Crippen LogP contribution is 2.31. The Labute approximate surface area is 122 Å². The molecule has 112 valence electrons. The van der Waals surface area contributed by atoms with Crippen molar-refractivity contribution in [2.45, 2.75) is 58.1 Å². The normalized spacial score (nSPS) is 17.4. The van der Waals surface area contributed by atoms with Gasteiger partial charge in [0, 0.05) is 12.1 Å². The van der Waals surface area contributed by atoms with Crippen LogP contribution < -0.4 is 10.1 Å². The number of ether oxygens (including phenoxy) is 1. The van der Waals surface area contributed by atoms with Crippen LogP contribution in [0.5, 0.6) is 5.75 Å². The summed E-state index contributed by atoms with van der Waals surface area (Å²) >= 11 is 0. The van der Waals surface area contributed by atoms with Gasteiger partial charge < -0.3 is 15.2 Å². The van der Waals surface area contributed by atoms with Gasteiger partial charge in [0.05, 0.1) is 5.60 Å². The van der Waals surface area contributed by atoms with E-state index in [0.717, 1.165) is 50.9 Å². The lowest BCUT2D eigenvalue weighted by atomic mass is 10.0. The second-order valence-electron chi connectivity index (χ2n) is 6.01. The Morgan fingerprint density at radius 2 is 2.05 bits per heavy atom. The van der Waals surface area contributed by atoms with Crippen LogP contribution in [0.1, 0.15) is 50.2 Å². The van der Waals surface area contributed by atoms with E-state index in [1.54, 1.807) is 0 Å². The molecule has 1 aromatic rings. The summed E-state index contributed by atoms with van der Waals surface area (Å²) in [6.07, 6.45) is 5.07. The molecule has 3 nitrogen and oxygen atoms in total. The van der Waals surface area contributed by atoms with E-state index in [-0.39, 0.29) is 0 Å². The minimum atomic E-state index is -0.612. The van der Waals surface area contributed by atoms with Gasteiger partial charge in [-0.3, -0.25) is 0 Å². The van der Waals surface area contributed by atoms with Crippen molar-refractivity contribution in [1.29, 1.82) is 0 Å². The number of hydrogen-bond acceptors (Lipinski definition) is 3. The summed E-state index contributed by atoms with van der Waals surface area (Å²) < 4.78 is 5.92. The third-order valence-corrected chi connectivity index (χ3v) is 3.99. The standard InChI is InChI=1S/C17H27NO2/c1-3-10-18-12-15-11-14(2)6-7-16(15)20-13-17(19)8-4-5-9-17/h6-7,11,18-19H,3-5,8-10,12-13H2,1-2H3. The van der Waals surface area contributed by atoms with Crippen molar-refractivity contribution >= 4 is 0 Å². The molecule has 1 aromatic carbocycles. The molecular weight excluding hydrogens is 250 g/mol. The predicted octanol–water partition coefficient (Wildman–Crippen LogP) is 3.18. The van der Waals surface area contributed by atoms with Crippen molar-refractivity contribution in [1.82, 2.24) is 5.32 Å². The number of aliphatic hydroxyl groups is 1. The van der Waals surface area contributed by atoms with Crippen molar-refractivity contribution in [3.05, 3.63) is 29.3 Å². The number of benzene rings is 1. The minimum absolute atomic E-state index is 0.414. The van der Waals surface area contributed by atoms with Crippen LogP contribution in [0.25, 0.3) is 0 Å². The molecule has 0 bridgehead atoms. The van der Waals surface area contributed by atoms with Gasteiger partial charge in [0.15, 0.2) is 0 Å². The maximum Gasteiger partial charge on any atom is 0.123 e. The summed E-state index contributed by atoms with van der Waals surface area (Å²) in [5.74, 6) is 0.902. The van der Waals surface area contributed by atoms with Crippen LogP contribution in [-0.4, -0.2) is 23.9 Å². The molecule has 0 aromatic heterocycles. The van der Waals surface area contributed by atoms with Crippen LogP contribution in [0.15, 0.2) is 18.2 Å². The van der Waals surface area contributed by atoms with Gasteiger partial charge in [0.2, 0.25) is 0 Å². The first-order chi connectivity index (χ1) is 9.63. The average molecular weight is 277 g/mol. The highest BCUT2D eigenvalue weighted by Gasteiger charge is 2.32. The van der Waals surface area contributed by atoms with Crippen LogP contribution in [0.2, 0.25) is 0 Å². The van der Waals surface area contributed by atoms with Crippen molar-refractivity contribution < 1.29 is 9.84 Å². The Kier molecular flexibility index (Phi) is 5.44. The summed E-state index contributed by atoms with van der Waals surface area (Å²) in [4.78, 5) is 0. The van der Waals surface area contributed by atoms with E-state index in [1.165, 1.54) is 11.1 Å². The van der Waals surface area contributed by atoms with Gasteiger partial charge in [-0.25, -0.2) is 0 Å². The van der Waals surface area contributed by atoms with Gasteiger partial charge in [-0.15, -0.1) is 0 Å². The molecule has 1 saturated carbocycles. The number of rotatable bonds is 7. The summed E-state index contributed by atoms with van der Waals surface area (Å²) in [5.41, 5.74) is 1.81. The van der Waals surface area contributed by atoms with Gasteiger partial charge in [-0.05, 0) is 38.8 Å². The first kappa shape index (κ1) is 15.3. The molecule has 0 atom stereocenters.